The highest BCUT2D eigenvalue weighted by molar-refractivity contribution is 5.56. The summed E-state index contributed by atoms with van der Waals surface area (Å²) < 4.78 is 42.8. The maximum absolute atomic E-state index is 12.5. The van der Waals surface area contributed by atoms with Crippen molar-refractivity contribution in [1.82, 2.24) is 0 Å². The highest BCUT2D eigenvalue weighted by Gasteiger charge is 2.30. The zero-order valence-electron chi connectivity index (χ0n) is 10.4. The molecule has 0 unspecified atom stereocenters. The molecule has 21 heavy (non-hydrogen) atoms. The van der Waals surface area contributed by atoms with Crippen LogP contribution in [0.3, 0.4) is 0 Å². The first-order valence-corrected chi connectivity index (χ1v) is 5.66. The fourth-order valence-electron chi connectivity index (χ4n) is 1.58. The SMILES string of the molecule is Nc1cc(C(F)(F)F)ccc1Oc1ccc([N+](=O)[O-])cc1. The van der Waals surface area contributed by atoms with Crippen LogP contribution in [0.2, 0.25) is 0 Å². The number of anilines is 1. The molecular formula is C13H9F3N2O3. The van der Waals surface area contributed by atoms with Gasteiger partial charge in [0.05, 0.1) is 16.2 Å². The normalized spacial score (nSPS) is 11.2. The van der Waals surface area contributed by atoms with Crippen LogP contribution in [0, 0.1) is 10.1 Å². The first-order valence-electron chi connectivity index (χ1n) is 5.66. The van der Waals surface area contributed by atoms with E-state index in [1.807, 2.05) is 0 Å². The number of nitro groups is 1. The third kappa shape index (κ3) is 3.41. The number of nitrogen functional groups attached to an aromatic ring is 1. The van der Waals surface area contributed by atoms with E-state index in [-0.39, 0.29) is 22.9 Å². The predicted molar refractivity (Wildman–Crippen MR) is 69.0 cm³/mol. The summed E-state index contributed by atoms with van der Waals surface area (Å²) in [5.74, 6) is 0.268. The predicted octanol–water partition coefficient (Wildman–Crippen LogP) is 3.99. The topological polar surface area (TPSA) is 78.4 Å². The van der Waals surface area contributed by atoms with Gasteiger partial charge >= 0.3 is 6.18 Å². The molecular weight excluding hydrogens is 289 g/mol. The quantitative estimate of drug-likeness (QED) is 0.528. The molecule has 0 aromatic heterocycles. The lowest BCUT2D eigenvalue weighted by molar-refractivity contribution is -0.384. The molecule has 2 aromatic rings. The maximum atomic E-state index is 12.5. The van der Waals surface area contributed by atoms with Gasteiger partial charge in [-0.05, 0) is 30.3 Å². The lowest BCUT2D eigenvalue weighted by atomic mass is 10.2. The van der Waals surface area contributed by atoms with Crippen molar-refractivity contribution < 1.29 is 22.8 Å². The Balaban J connectivity index is 2.22. The van der Waals surface area contributed by atoms with E-state index >= 15 is 0 Å². The van der Waals surface area contributed by atoms with Gasteiger partial charge in [0.1, 0.15) is 11.5 Å². The van der Waals surface area contributed by atoms with Gasteiger partial charge in [-0.15, -0.1) is 0 Å². The van der Waals surface area contributed by atoms with Crippen LogP contribution in [0.15, 0.2) is 42.5 Å². The van der Waals surface area contributed by atoms with Gasteiger partial charge in [0.15, 0.2) is 0 Å². The van der Waals surface area contributed by atoms with Gasteiger partial charge in [0, 0.05) is 12.1 Å². The van der Waals surface area contributed by atoms with Crippen molar-refractivity contribution in [3.8, 4) is 11.5 Å². The van der Waals surface area contributed by atoms with Gasteiger partial charge in [-0.3, -0.25) is 10.1 Å². The summed E-state index contributed by atoms with van der Waals surface area (Å²) in [5.41, 5.74) is 4.33. The number of ether oxygens (including phenoxy) is 1. The second-order valence-electron chi connectivity index (χ2n) is 4.10. The van der Waals surface area contributed by atoms with Gasteiger partial charge in [0.25, 0.3) is 5.69 Å². The minimum atomic E-state index is -4.49. The molecule has 0 aliphatic carbocycles. The minimum Gasteiger partial charge on any atom is -0.455 e. The van der Waals surface area contributed by atoms with Crippen molar-refractivity contribution in [1.29, 1.82) is 0 Å². The molecule has 0 bridgehead atoms. The Morgan fingerprint density at radius 2 is 1.71 bits per heavy atom. The molecule has 110 valence electrons. The van der Waals surface area contributed by atoms with Crippen molar-refractivity contribution in [2.24, 2.45) is 0 Å². The molecule has 2 rings (SSSR count). The Bertz CT molecular complexity index is 669. The van der Waals surface area contributed by atoms with Crippen molar-refractivity contribution in [2.45, 2.75) is 6.18 Å². The molecule has 0 fully saturated rings. The molecule has 0 aliphatic heterocycles. The molecule has 8 heteroatoms. The first-order chi connectivity index (χ1) is 9.77. The second kappa shape index (κ2) is 5.31. The highest BCUT2D eigenvalue weighted by Crippen LogP contribution is 2.35. The van der Waals surface area contributed by atoms with E-state index in [0.29, 0.717) is 0 Å². The highest BCUT2D eigenvalue weighted by atomic mass is 19.4. The lowest BCUT2D eigenvalue weighted by Gasteiger charge is -2.11. The van der Waals surface area contributed by atoms with Crippen LogP contribution in [0.4, 0.5) is 24.5 Å². The Kier molecular flexibility index (Phi) is 3.70. The Hall–Kier alpha value is -2.77. The van der Waals surface area contributed by atoms with Crippen molar-refractivity contribution in [2.75, 3.05) is 5.73 Å². The molecule has 0 atom stereocenters. The van der Waals surface area contributed by atoms with Gasteiger partial charge in [-0.2, -0.15) is 13.2 Å². The van der Waals surface area contributed by atoms with Crippen molar-refractivity contribution in [3.05, 3.63) is 58.1 Å². The average molecular weight is 298 g/mol. The number of halogens is 3. The number of nitrogens with zero attached hydrogens (tertiary/aromatic N) is 1. The Morgan fingerprint density at radius 3 is 2.19 bits per heavy atom. The molecule has 0 saturated carbocycles. The molecule has 2 aromatic carbocycles. The van der Waals surface area contributed by atoms with E-state index < -0.39 is 16.7 Å². The van der Waals surface area contributed by atoms with Gasteiger partial charge in [-0.1, -0.05) is 0 Å². The van der Waals surface area contributed by atoms with Crippen LogP contribution in [-0.2, 0) is 6.18 Å². The fourth-order valence-corrected chi connectivity index (χ4v) is 1.58. The third-order valence-electron chi connectivity index (χ3n) is 2.61. The average Bonchev–Trinajstić information content (AvgIpc) is 2.40. The molecule has 0 radical (unpaired) electrons. The van der Waals surface area contributed by atoms with E-state index in [2.05, 4.69) is 0 Å². The van der Waals surface area contributed by atoms with Crippen LogP contribution in [-0.4, -0.2) is 4.92 Å². The number of nitro benzene ring substituents is 1. The Labute approximate surface area is 116 Å². The smallest absolute Gasteiger partial charge is 0.416 e. The number of benzene rings is 2. The number of non-ortho nitro benzene ring substituents is 1. The zero-order valence-corrected chi connectivity index (χ0v) is 10.4. The Morgan fingerprint density at radius 1 is 1.10 bits per heavy atom. The summed E-state index contributed by atoms with van der Waals surface area (Å²) in [5, 5.41) is 10.5. The van der Waals surface area contributed by atoms with E-state index in [1.165, 1.54) is 24.3 Å². The van der Waals surface area contributed by atoms with E-state index in [0.717, 1.165) is 18.2 Å². The molecule has 5 nitrogen and oxygen atoms in total. The molecule has 0 heterocycles. The number of rotatable bonds is 3. The largest absolute Gasteiger partial charge is 0.455 e. The molecule has 0 amide bonds. The summed E-state index contributed by atoms with van der Waals surface area (Å²) in [6.07, 6.45) is -4.49. The summed E-state index contributed by atoms with van der Waals surface area (Å²) in [6, 6.07) is 7.80. The molecule has 0 spiro atoms. The van der Waals surface area contributed by atoms with Gasteiger partial charge < -0.3 is 10.5 Å². The van der Waals surface area contributed by atoms with Crippen molar-refractivity contribution >= 4 is 11.4 Å². The van der Waals surface area contributed by atoms with Crippen LogP contribution >= 0.6 is 0 Å². The summed E-state index contributed by atoms with van der Waals surface area (Å²) in [4.78, 5) is 9.92. The molecule has 2 N–H and O–H groups in total. The van der Waals surface area contributed by atoms with Gasteiger partial charge in [-0.25, -0.2) is 0 Å². The molecule has 0 saturated heterocycles. The number of nitrogens with two attached hydrogens (primary N) is 1. The number of hydrogen-bond donors (Lipinski definition) is 1. The minimum absolute atomic E-state index is 0.0388. The van der Waals surface area contributed by atoms with Crippen LogP contribution in [0.1, 0.15) is 5.56 Å². The van der Waals surface area contributed by atoms with Crippen LogP contribution in [0.25, 0.3) is 0 Å². The number of alkyl halides is 3. The van der Waals surface area contributed by atoms with Crippen LogP contribution in [0.5, 0.6) is 11.5 Å². The summed E-state index contributed by atoms with van der Waals surface area (Å²) in [7, 11) is 0. The number of hydrogen-bond acceptors (Lipinski definition) is 4. The van der Waals surface area contributed by atoms with E-state index in [9.17, 15) is 23.3 Å². The second-order valence-corrected chi connectivity index (χ2v) is 4.10. The van der Waals surface area contributed by atoms with E-state index in [4.69, 9.17) is 10.5 Å². The van der Waals surface area contributed by atoms with E-state index in [1.54, 1.807) is 0 Å². The maximum Gasteiger partial charge on any atom is 0.416 e. The standard InChI is InChI=1S/C13H9F3N2O3/c14-13(15,16)8-1-6-12(11(17)7-8)21-10-4-2-9(3-5-10)18(19)20/h1-7H,17H2. The monoisotopic (exact) mass is 298 g/mol. The summed E-state index contributed by atoms with van der Waals surface area (Å²) >= 11 is 0. The fraction of sp³-hybridized carbons (Fsp3) is 0.0769. The van der Waals surface area contributed by atoms with Crippen molar-refractivity contribution in [3.63, 3.8) is 0 Å². The zero-order chi connectivity index (χ0) is 15.6. The van der Waals surface area contributed by atoms with Crippen LogP contribution < -0.4 is 10.5 Å². The summed E-state index contributed by atoms with van der Waals surface area (Å²) in [6.45, 7) is 0. The lowest BCUT2D eigenvalue weighted by Crippen LogP contribution is -2.05. The third-order valence-corrected chi connectivity index (χ3v) is 2.61. The molecule has 0 aliphatic rings. The first kappa shape index (κ1) is 14.6. The van der Waals surface area contributed by atoms with Gasteiger partial charge in [0.2, 0.25) is 0 Å².